The Hall–Kier alpha value is -9.94. The summed E-state index contributed by atoms with van der Waals surface area (Å²) in [5.41, 5.74) is 31.9. The maximum atomic E-state index is 3.56. The Bertz CT molecular complexity index is 4590. The van der Waals surface area contributed by atoms with Crippen LogP contribution in [0.15, 0.2) is 255 Å². The van der Waals surface area contributed by atoms with Crippen LogP contribution in [-0.2, 0) is 16.2 Å². The second-order valence-electron chi connectivity index (χ2n) is 23.8. The topological polar surface area (TPSA) is 8.17 Å². The summed E-state index contributed by atoms with van der Waals surface area (Å²) in [5.74, 6) is 0. The van der Waals surface area contributed by atoms with Crippen molar-refractivity contribution in [2.24, 2.45) is 0 Å². The van der Waals surface area contributed by atoms with Crippen LogP contribution >= 0.6 is 0 Å². The van der Waals surface area contributed by atoms with Crippen LogP contribution in [0.3, 0.4) is 0 Å². The summed E-state index contributed by atoms with van der Waals surface area (Å²) in [7, 11) is 0. The average molecular weight is 1030 g/mol. The number of para-hydroxylation sites is 1. The SMILES string of the molecule is CC1(C)c2ccccc2-c2ccc(-c3ccc4c(c3)c3cc(-c5ccc6c(c5)C(C)(C)c5ccccc5-6)ccc3n4-c3ccc(N(c4ccccc4)c4ccc5c(c4)C4(c6ccc#cc6-c6ccccc64)c4ccccc4-5)cc3)cc21. The van der Waals surface area contributed by atoms with Crippen LogP contribution in [-0.4, -0.2) is 4.57 Å². The molecule has 1 spiro atoms. The molecule has 0 amide bonds. The van der Waals surface area contributed by atoms with Gasteiger partial charge < -0.3 is 9.47 Å². The van der Waals surface area contributed by atoms with Crippen molar-refractivity contribution in [3.63, 3.8) is 0 Å². The molecule has 380 valence electrons. The van der Waals surface area contributed by atoms with Crippen molar-refractivity contribution in [3.8, 4) is 72.4 Å². The minimum atomic E-state index is -0.492. The number of benzene rings is 11. The molecule has 0 aliphatic heterocycles. The molecule has 2 nitrogen and oxygen atoms in total. The van der Waals surface area contributed by atoms with Gasteiger partial charge in [0.05, 0.1) is 16.4 Å². The molecule has 13 aromatic rings. The molecule has 0 radical (unpaired) electrons. The molecule has 81 heavy (non-hydrogen) atoms. The van der Waals surface area contributed by atoms with Gasteiger partial charge in [0.1, 0.15) is 0 Å². The van der Waals surface area contributed by atoms with Crippen molar-refractivity contribution < 1.29 is 0 Å². The van der Waals surface area contributed by atoms with Gasteiger partial charge in [-0.3, -0.25) is 0 Å². The van der Waals surface area contributed by atoms with E-state index in [0.29, 0.717) is 0 Å². The van der Waals surface area contributed by atoms with E-state index >= 15 is 0 Å². The van der Waals surface area contributed by atoms with Crippen LogP contribution in [0.5, 0.6) is 0 Å². The molecule has 0 saturated heterocycles. The highest BCUT2D eigenvalue weighted by molar-refractivity contribution is 6.12. The van der Waals surface area contributed by atoms with E-state index in [1.54, 1.807) is 0 Å². The summed E-state index contributed by atoms with van der Waals surface area (Å²) in [6.07, 6.45) is 0. The molecule has 1 atom stereocenters. The van der Waals surface area contributed by atoms with E-state index in [-0.39, 0.29) is 10.8 Å². The summed E-state index contributed by atoms with van der Waals surface area (Å²) in [4.78, 5) is 2.42. The van der Waals surface area contributed by atoms with Crippen molar-refractivity contribution in [1.82, 2.24) is 4.57 Å². The highest BCUT2D eigenvalue weighted by Crippen LogP contribution is 2.63. The number of fused-ring (bicyclic) bond motifs is 19. The zero-order valence-corrected chi connectivity index (χ0v) is 45.6. The second kappa shape index (κ2) is 16.6. The summed E-state index contributed by atoms with van der Waals surface area (Å²) in [6.45, 7) is 9.48. The lowest BCUT2D eigenvalue weighted by atomic mass is 9.70. The smallest absolute Gasteiger partial charge is 0.0733 e. The monoisotopic (exact) mass is 1030 g/mol. The fourth-order valence-electron chi connectivity index (χ4n) is 15.3. The van der Waals surface area contributed by atoms with Crippen LogP contribution in [0.4, 0.5) is 17.1 Å². The molecule has 12 aromatic carbocycles. The van der Waals surface area contributed by atoms with E-state index in [9.17, 15) is 0 Å². The van der Waals surface area contributed by atoms with Gasteiger partial charge in [0.2, 0.25) is 0 Å². The van der Waals surface area contributed by atoms with Crippen LogP contribution in [0.1, 0.15) is 72.2 Å². The minimum Gasteiger partial charge on any atom is -0.310 e. The molecule has 1 unspecified atom stereocenters. The van der Waals surface area contributed by atoms with E-state index in [1.165, 1.54) is 128 Å². The molecular weight excluding hydrogens is 977 g/mol. The van der Waals surface area contributed by atoms with Gasteiger partial charge in [-0.05, 0) is 203 Å². The number of hydrogen-bond acceptors (Lipinski definition) is 1. The fourth-order valence-corrected chi connectivity index (χ4v) is 15.3. The fraction of sp³-hybridized carbons (Fsp3) is 0.0886. The first-order valence-electron chi connectivity index (χ1n) is 28.5. The molecule has 4 aliphatic carbocycles. The number of rotatable bonds is 6. The number of hydrogen-bond donors (Lipinski definition) is 0. The van der Waals surface area contributed by atoms with Crippen molar-refractivity contribution in [2.45, 2.75) is 43.9 Å². The Morgan fingerprint density at radius 3 is 1.35 bits per heavy atom. The van der Waals surface area contributed by atoms with Gasteiger partial charge in [-0.2, -0.15) is 0 Å². The van der Waals surface area contributed by atoms with E-state index in [4.69, 9.17) is 0 Å². The third-order valence-electron chi connectivity index (χ3n) is 19.1. The van der Waals surface area contributed by atoms with Gasteiger partial charge in [-0.1, -0.05) is 198 Å². The maximum absolute atomic E-state index is 3.56. The first kappa shape index (κ1) is 46.0. The van der Waals surface area contributed by atoms with E-state index < -0.39 is 5.41 Å². The van der Waals surface area contributed by atoms with Crippen molar-refractivity contribution >= 4 is 38.9 Å². The molecule has 0 saturated carbocycles. The molecule has 0 bridgehead atoms. The Morgan fingerprint density at radius 1 is 0.321 bits per heavy atom. The van der Waals surface area contributed by atoms with Gasteiger partial charge in [-0.15, -0.1) is 0 Å². The Kier molecular flexibility index (Phi) is 9.41. The van der Waals surface area contributed by atoms with E-state index in [1.807, 2.05) is 6.07 Å². The van der Waals surface area contributed by atoms with Gasteiger partial charge in [0.25, 0.3) is 0 Å². The lowest BCUT2D eigenvalue weighted by Crippen LogP contribution is -2.26. The number of nitrogens with zero attached hydrogens (tertiary/aromatic N) is 2. The summed E-state index contributed by atoms with van der Waals surface area (Å²) in [6, 6.07) is 103. The molecule has 0 fully saturated rings. The molecule has 1 aromatic heterocycles. The summed E-state index contributed by atoms with van der Waals surface area (Å²) >= 11 is 0. The number of anilines is 3. The van der Waals surface area contributed by atoms with E-state index in [2.05, 4.69) is 298 Å². The zero-order chi connectivity index (χ0) is 53.9. The van der Waals surface area contributed by atoms with Crippen LogP contribution in [0.2, 0.25) is 0 Å². The number of aromatic nitrogens is 1. The third-order valence-corrected chi connectivity index (χ3v) is 19.1. The first-order valence-corrected chi connectivity index (χ1v) is 28.5. The van der Waals surface area contributed by atoms with Gasteiger partial charge >= 0.3 is 0 Å². The maximum Gasteiger partial charge on any atom is 0.0733 e. The quantitative estimate of drug-likeness (QED) is 0.161. The summed E-state index contributed by atoms with van der Waals surface area (Å²) < 4.78 is 2.47. The van der Waals surface area contributed by atoms with Crippen molar-refractivity contribution in [2.75, 3.05) is 4.90 Å². The molecule has 2 heteroatoms. The first-order chi connectivity index (χ1) is 39.7. The molecule has 1 heterocycles. The van der Waals surface area contributed by atoms with Crippen molar-refractivity contribution in [1.29, 1.82) is 0 Å². The molecule has 4 aliphatic rings. The van der Waals surface area contributed by atoms with Gasteiger partial charge in [0, 0.05) is 49.9 Å². The zero-order valence-electron chi connectivity index (χ0n) is 45.6. The normalized spacial score (nSPS) is 14.6. The second-order valence-corrected chi connectivity index (χ2v) is 23.8. The predicted octanol–water partition coefficient (Wildman–Crippen LogP) is 20.1. The van der Waals surface area contributed by atoms with Crippen LogP contribution in [0.25, 0.3) is 94.3 Å². The highest BCUT2D eigenvalue weighted by atomic mass is 15.1. The van der Waals surface area contributed by atoms with Gasteiger partial charge in [-0.25, -0.2) is 0 Å². The molecule has 0 N–H and O–H groups in total. The average Bonchev–Trinajstić information content (AvgIpc) is 3.45. The van der Waals surface area contributed by atoms with Crippen LogP contribution in [0, 0.1) is 12.1 Å². The Labute approximate surface area is 473 Å². The van der Waals surface area contributed by atoms with E-state index in [0.717, 1.165) is 28.3 Å². The predicted molar refractivity (Wildman–Crippen MR) is 335 cm³/mol. The lowest BCUT2D eigenvalue weighted by Gasteiger charge is -2.32. The van der Waals surface area contributed by atoms with Crippen LogP contribution < -0.4 is 4.90 Å². The third kappa shape index (κ3) is 6.24. The highest BCUT2D eigenvalue weighted by Gasteiger charge is 2.52. The summed E-state index contributed by atoms with van der Waals surface area (Å²) in [5, 5.41) is 2.46. The van der Waals surface area contributed by atoms with Crippen molar-refractivity contribution in [3.05, 3.63) is 311 Å². The Morgan fingerprint density at radius 2 is 0.753 bits per heavy atom. The standard InChI is InChI=1S/C79H54N2/c1-77(2)67-25-13-8-20-57(67)62-39-30-51(46-72(62)77)49-32-42-75-65(44-49)66-45-50(52-31-40-63-58-21-9-14-26-68(58)78(3,4)73(63)47-52)33-43-76(66)81(75)55-36-34-54(35-37-55)80(53-18-6-5-7-19-53)56-38-41-64-61-24-12-17-29-71(61)79(74(64)48-56)69-27-15-10-22-59(69)60-23-11-16-28-70(60)79/h5-10,12-22,24-48H,1-4H3. The van der Waals surface area contributed by atoms with Gasteiger partial charge in [0.15, 0.2) is 0 Å². The Balaban J connectivity index is 0.817. The lowest BCUT2D eigenvalue weighted by molar-refractivity contribution is 0.660. The minimum absolute atomic E-state index is 0.0915. The molecular formula is C79H54N2. The largest absolute Gasteiger partial charge is 0.310 e. The molecule has 17 rings (SSSR count).